The zero-order valence-electron chi connectivity index (χ0n) is 21.6. The Morgan fingerprint density at radius 2 is 1.63 bits per heavy atom. The van der Waals surface area contributed by atoms with Crippen molar-refractivity contribution in [1.82, 2.24) is 9.88 Å². The lowest BCUT2D eigenvalue weighted by molar-refractivity contribution is -0.274. The van der Waals surface area contributed by atoms with Gasteiger partial charge in [0.25, 0.3) is 5.91 Å². The monoisotopic (exact) mass is 549 g/mol. The largest absolute Gasteiger partial charge is 0.573 e. The van der Waals surface area contributed by atoms with E-state index >= 15 is 0 Å². The standard InChI is InChI=1S/C27H30F3N3O4S/c1-18(34)31-14-5-15-33-23(19-6-10-22(11-7-19)37-27(28,29)30)17-38-25(33)32-24(35)16-36-21-12-8-20(9-13-21)26(2,3)4/h6-13,17H,5,14-16H2,1-4H3,(H,31,34). The van der Waals surface area contributed by atoms with E-state index in [0.717, 1.165) is 5.56 Å². The Kier molecular flexibility index (Phi) is 9.37. The minimum Gasteiger partial charge on any atom is -0.484 e. The van der Waals surface area contributed by atoms with Gasteiger partial charge in [0, 0.05) is 25.4 Å². The Labute approximate surface area is 222 Å². The van der Waals surface area contributed by atoms with Gasteiger partial charge in [-0.3, -0.25) is 9.59 Å². The summed E-state index contributed by atoms with van der Waals surface area (Å²) in [6, 6.07) is 13.0. The molecule has 3 aromatic rings. The Bertz CT molecular complexity index is 1310. The molecule has 0 fully saturated rings. The molecular weight excluding hydrogens is 519 g/mol. The lowest BCUT2D eigenvalue weighted by atomic mass is 9.87. The van der Waals surface area contributed by atoms with Gasteiger partial charge >= 0.3 is 6.36 Å². The maximum Gasteiger partial charge on any atom is 0.573 e. The fourth-order valence-electron chi connectivity index (χ4n) is 3.53. The number of ether oxygens (including phenoxy) is 2. The van der Waals surface area contributed by atoms with Crippen LogP contribution in [-0.2, 0) is 21.5 Å². The summed E-state index contributed by atoms with van der Waals surface area (Å²) in [5.74, 6) is -0.421. The number of halogens is 3. The molecule has 3 rings (SSSR count). The molecule has 204 valence electrons. The fourth-order valence-corrected chi connectivity index (χ4v) is 4.48. The van der Waals surface area contributed by atoms with E-state index in [-0.39, 0.29) is 23.7 Å². The predicted octanol–water partition coefficient (Wildman–Crippen LogP) is 5.45. The number of carbonyl (C=O) groups is 2. The van der Waals surface area contributed by atoms with Crippen molar-refractivity contribution in [3.05, 3.63) is 64.3 Å². The molecule has 0 aliphatic carbocycles. The molecule has 0 saturated heterocycles. The van der Waals surface area contributed by atoms with E-state index in [4.69, 9.17) is 4.74 Å². The fraction of sp³-hybridized carbons (Fsp3) is 0.370. The van der Waals surface area contributed by atoms with Crippen molar-refractivity contribution in [1.29, 1.82) is 0 Å². The third kappa shape index (κ3) is 8.76. The zero-order chi connectivity index (χ0) is 27.9. The van der Waals surface area contributed by atoms with Crippen LogP contribution in [0.3, 0.4) is 0 Å². The first kappa shape index (κ1) is 29.0. The molecule has 1 N–H and O–H groups in total. The number of rotatable bonds is 9. The molecule has 1 heterocycles. The minimum atomic E-state index is -4.78. The quantitative estimate of drug-likeness (QED) is 0.360. The van der Waals surface area contributed by atoms with Gasteiger partial charge in [0.1, 0.15) is 11.5 Å². The third-order valence-corrected chi connectivity index (χ3v) is 6.28. The van der Waals surface area contributed by atoms with Crippen LogP contribution in [0.1, 0.15) is 39.7 Å². The van der Waals surface area contributed by atoms with E-state index in [1.165, 1.54) is 42.5 Å². The van der Waals surface area contributed by atoms with Crippen LogP contribution >= 0.6 is 11.3 Å². The Balaban J connectivity index is 1.79. The molecule has 0 bridgehead atoms. The van der Waals surface area contributed by atoms with Gasteiger partial charge in [0.2, 0.25) is 5.91 Å². The maximum atomic E-state index is 12.6. The van der Waals surface area contributed by atoms with E-state index in [0.29, 0.717) is 41.3 Å². The number of aromatic nitrogens is 1. The summed E-state index contributed by atoms with van der Waals surface area (Å²) in [7, 11) is 0. The second kappa shape index (κ2) is 12.3. The third-order valence-electron chi connectivity index (χ3n) is 5.42. The molecule has 11 heteroatoms. The summed E-state index contributed by atoms with van der Waals surface area (Å²) >= 11 is 1.23. The van der Waals surface area contributed by atoms with E-state index in [9.17, 15) is 22.8 Å². The second-order valence-electron chi connectivity index (χ2n) is 9.53. The Morgan fingerprint density at radius 3 is 2.21 bits per heavy atom. The van der Waals surface area contributed by atoms with Crippen molar-refractivity contribution in [2.24, 2.45) is 4.99 Å². The molecule has 1 aromatic heterocycles. The van der Waals surface area contributed by atoms with Gasteiger partial charge in [0.15, 0.2) is 11.4 Å². The number of hydrogen-bond donors (Lipinski definition) is 1. The molecule has 2 amide bonds. The van der Waals surface area contributed by atoms with Crippen LogP contribution in [0, 0.1) is 0 Å². The topological polar surface area (TPSA) is 81.9 Å². The van der Waals surface area contributed by atoms with Crippen LogP contribution in [0.4, 0.5) is 13.2 Å². The van der Waals surface area contributed by atoms with Crippen LogP contribution in [0.2, 0.25) is 0 Å². The molecule has 2 aromatic carbocycles. The molecule has 0 aliphatic heterocycles. The molecule has 38 heavy (non-hydrogen) atoms. The van der Waals surface area contributed by atoms with Crippen molar-refractivity contribution >= 4 is 23.2 Å². The van der Waals surface area contributed by atoms with Crippen LogP contribution in [0.5, 0.6) is 11.5 Å². The molecule has 0 saturated carbocycles. The summed E-state index contributed by atoms with van der Waals surface area (Å²) in [6.45, 7) is 8.32. The van der Waals surface area contributed by atoms with Crippen molar-refractivity contribution in [3.8, 4) is 22.8 Å². The summed E-state index contributed by atoms with van der Waals surface area (Å²) in [4.78, 5) is 28.5. The predicted molar refractivity (Wildman–Crippen MR) is 139 cm³/mol. The lowest BCUT2D eigenvalue weighted by Crippen LogP contribution is -2.25. The summed E-state index contributed by atoms with van der Waals surface area (Å²) in [5.41, 5.74) is 2.44. The zero-order valence-corrected chi connectivity index (χ0v) is 22.4. The Hall–Kier alpha value is -3.60. The van der Waals surface area contributed by atoms with Crippen LogP contribution in [0.25, 0.3) is 11.3 Å². The number of hydrogen-bond acceptors (Lipinski definition) is 5. The maximum absolute atomic E-state index is 12.6. The number of benzene rings is 2. The summed E-state index contributed by atoms with van der Waals surface area (Å²) < 4.78 is 48.9. The van der Waals surface area contributed by atoms with Gasteiger partial charge in [-0.15, -0.1) is 24.5 Å². The minimum absolute atomic E-state index is 0.000201. The van der Waals surface area contributed by atoms with Crippen molar-refractivity contribution in [2.45, 2.75) is 52.4 Å². The second-order valence-corrected chi connectivity index (χ2v) is 10.4. The van der Waals surface area contributed by atoms with Crippen molar-refractivity contribution < 1.29 is 32.2 Å². The highest BCUT2D eigenvalue weighted by Gasteiger charge is 2.31. The van der Waals surface area contributed by atoms with Crippen LogP contribution in [-0.4, -0.2) is 35.9 Å². The van der Waals surface area contributed by atoms with E-state index in [1.807, 2.05) is 24.3 Å². The number of nitrogens with one attached hydrogen (secondary N) is 1. The lowest BCUT2D eigenvalue weighted by Gasteiger charge is -2.19. The highest BCUT2D eigenvalue weighted by molar-refractivity contribution is 7.07. The first-order chi connectivity index (χ1) is 17.8. The average molecular weight is 550 g/mol. The number of thiazole rings is 1. The first-order valence-corrected chi connectivity index (χ1v) is 12.8. The van der Waals surface area contributed by atoms with E-state index in [2.05, 4.69) is 35.8 Å². The van der Waals surface area contributed by atoms with Gasteiger partial charge in [0.05, 0.1) is 5.69 Å². The number of amides is 2. The smallest absolute Gasteiger partial charge is 0.484 e. The molecule has 7 nitrogen and oxygen atoms in total. The highest BCUT2D eigenvalue weighted by atomic mass is 32.1. The molecule has 0 aliphatic rings. The highest BCUT2D eigenvalue weighted by Crippen LogP contribution is 2.27. The number of nitrogens with zero attached hydrogens (tertiary/aromatic N) is 2. The molecule has 0 unspecified atom stereocenters. The van der Waals surface area contributed by atoms with Gasteiger partial charge in [-0.25, -0.2) is 0 Å². The normalized spacial score (nSPS) is 12.3. The van der Waals surface area contributed by atoms with Crippen molar-refractivity contribution in [2.75, 3.05) is 13.2 Å². The SMILES string of the molecule is CC(=O)NCCCn1c(-c2ccc(OC(F)(F)F)cc2)csc1=NC(=O)COc1ccc(C(C)(C)C)cc1. The average Bonchev–Trinajstić information content (AvgIpc) is 3.21. The van der Waals surface area contributed by atoms with Gasteiger partial charge in [-0.2, -0.15) is 4.99 Å². The van der Waals surface area contributed by atoms with Gasteiger partial charge in [-0.05, 0) is 59.4 Å². The van der Waals surface area contributed by atoms with E-state index < -0.39 is 12.3 Å². The van der Waals surface area contributed by atoms with Crippen LogP contribution in [0.15, 0.2) is 58.9 Å². The van der Waals surface area contributed by atoms with Gasteiger partial charge in [-0.1, -0.05) is 32.9 Å². The summed E-state index contributed by atoms with van der Waals surface area (Å²) in [5, 5.41) is 4.49. The molecule has 0 spiro atoms. The number of carbonyl (C=O) groups excluding carboxylic acids is 2. The van der Waals surface area contributed by atoms with E-state index in [1.54, 1.807) is 9.95 Å². The molecule has 0 radical (unpaired) electrons. The van der Waals surface area contributed by atoms with Crippen molar-refractivity contribution in [3.63, 3.8) is 0 Å². The molecular formula is C27H30F3N3O4S. The first-order valence-electron chi connectivity index (χ1n) is 11.9. The van der Waals surface area contributed by atoms with Crippen LogP contribution < -0.4 is 19.6 Å². The summed E-state index contributed by atoms with van der Waals surface area (Å²) in [6.07, 6.45) is -4.23. The van der Waals surface area contributed by atoms with Gasteiger partial charge < -0.3 is 19.4 Å². The number of alkyl halides is 3. The molecule has 0 atom stereocenters. The Morgan fingerprint density at radius 1 is 1.00 bits per heavy atom.